The van der Waals surface area contributed by atoms with Crippen molar-refractivity contribution in [1.29, 1.82) is 0 Å². The Labute approximate surface area is 213 Å². The van der Waals surface area contributed by atoms with Crippen LogP contribution in [0.2, 0.25) is 0 Å². The van der Waals surface area contributed by atoms with Gasteiger partial charge in [0.25, 0.3) is 0 Å². The molecule has 2 heteroatoms. The first-order valence-corrected chi connectivity index (χ1v) is 13.3. The summed E-state index contributed by atoms with van der Waals surface area (Å²) in [5.74, 6) is 0. The number of nitrogens with zero attached hydrogens (tertiary/aromatic N) is 1. The molecule has 0 N–H and O–H groups in total. The van der Waals surface area contributed by atoms with E-state index in [-0.39, 0.29) is 16.6 Å². The molecular weight excluding hydrogens is 414 g/mol. The zero-order valence-corrected chi connectivity index (χ0v) is 24.6. The van der Waals surface area contributed by atoms with Crippen LogP contribution in [0, 0.1) is 6.92 Å². The lowest BCUT2D eigenvalue weighted by atomic mass is 9.84. The Hall–Kier alpha value is -1.64. The molecule has 0 amide bonds. The third-order valence-corrected chi connectivity index (χ3v) is 6.27. The molecule has 0 unspecified atom stereocenters. The molecule has 0 heterocycles. The Morgan fingerprint density at radius 3 is 1.76 bits per heavy atom. The number of hydrogen-bond acceptors (Lipinski definition) is 2. The van der Waals surface area contributed by atoms with E-state index in [1.165, 1.54) is 23.1 Å². The summed E-state index contributed by atoms with van der Waals surface area (Å²) in [4.78, 5) is 2.56. The zero-order valence-electron chi connectivity index (χ0n) is 24.6. The normalized spacial score (nSPS) is 11.9. The van der Waals surface area contributed by atoms with Crippen molar-refractivity contribution in [2.45, 2.75) is 112 Å². The van der Waals surface area contributed by atoms with E-state index in [0.29, 0.717) is 0 Å². The average Bonchev–Trinajstić information content (AvgIpc) is 2.79. The third kappa shape index (κ3) is 11.7. The largest absolute Gasteiger partial charge is 0.371 e. The molecule has 0 atom stereocenters. The summed E-state index contributed by atoms with van der Waals surface area (Å²) in [7, 11) is 0. The summed E-state index contributed by atoms with van der Waals surface area (Å²) in [6.07, 6.45) is 2.24. The molecule has 34 heavy (non-hydrogen) atoms. The van der Waals surface area contributed by atoms with Crippen LogP contribution < -0.4 is 0 Å². The van der Waals surface area contributed by atoms with Crippen LogP contribution >= 0.6 is 0 Å². The highest BCUT2D eigenvalue weighted by molar-refractivity contribution is 5.31. The standard InChI is InChI=1S/C23H41NO.C7H8.C2H6/c1-10-16-24(11-2)22(6,7)15-17-25-23(8,9)20-14-12-13-19(18-20)21(3,4)5;1-7-5-3-2-4-6-7;1-2/h12-14,18H,10-11,15-17H2,1-9H3;2-6H,1H3;1-2H3. The highest BCUT2D eigenvalue weighted by atomic mass is 16.5. The first kappa shape index (κ1) is 32.4. The van der Waals surface area contributed by atoms with Crippen molar-refractivity contribution >= 4 is 0 Å². The van der Waals surface area contributed by atoms with Crippen molar-refractivity contribution in [2.75, 3.05) is 19.7 Å². The molecule has 0 fully saturated rings. The Morgan fingerprint density at radius 1 is 0.765 bits per heavy atom. The molecule has 2 nitrogen and oxygen atoms in total. The molecule has 0 radical (unpaired) electrons. The first-order valence-electron chi connectivity index (χ1n) is 13.3. The summed E-state index contributed by atoms with van der Waals surface area (Å²) in [5.41, 5.74) is 4.02. The van der Waals surface area contributed by atoms with Crippen LogP contribution in [0.1, 0.15) is 106 Å². The lowest BCUT2D eigenvalue weighted by molar-refractivity contribution is -0.0397. The van der Waals surface area contributed by atoms with Gasteiger partial charge in [0, 0.05) is 12.1 Å². The predicted octanol–water partition coefficient (Wildman–Crippen LogP) is 9.16. The summed E-state index contributed by atoms with van der Waals surface area (Å²) < 4.78 is 6.37. The van der Waals surface area contributed by atoms with E-state index in [1.54, 1.807) is 0 Å². The minimum Gasteiger partial charge on any atom is -0.371 e. The van der Waals surface area contributed by atoms with Gasteiger partial charge >= 0.3 is 0 Å². The van der Waals surface area contributed by atoms with Crippen LogP contribution in [0.5, 0.6) is 0 Å². The topological polar surface area (TPSA) is 12.5 Å². The molecule has 0 aliphatic heterocycles. The van der Waals surface area contributed by atoms with Gasteiger partial charge in [0.15, 0.2) is 0 Å². The van der Waals surface area contributed by atoms with Gasteiger partial charge in [-0.15, -0.1) is 0 Å². The number of ether oxygens (including phenoxy) is 1. The minimum atomic E-state index is -0.265. The summed E-state index contributed by atoms with van der Waals surface area (Å²) >= 11 is 0. The molecule has 2 rings (SSSR count). The quantitative estimate of drug-likeness (QED) is 0.363. The lowest BCUT2D eigenvalue weighted by Crippen LogP contribution is -2.45. The highest BCUT2D eigenvalue weighted by Crippen LogP contribution is 2.30. The summed E-state index contributed by atoms with van der Waals surface area (Å²) in [6, 6.07) is 19.1. The van der Waals surface area contributed by atoms with Gasteiger partial charge in [-0.3, -0.25) is 4.90 Å². The molecule has 2 aromatic carbocycles. The van der Waals surface area contributed by atoms with E-state index >= 15 is 0 Å². The van der Waals surface area contributed by atoms with Crippen molar-refractivity contribution < 1.29 is 4.74 Å². The van der Waals surface area contributed by atoms with Crippen LogP contribution in [0.15, 0.2) is 54.6 Å². The second-order valence-electron chi connectivity index (χ2n) is 11.0. The lowest BCUT2D eigenvalue weighted by Gasteiger charge is -2.39. The van der Waals surface area contributed by atoms with Crippen LogP contribution in [0.4, 0.5) is 0 Å². The Kier molecular flexibility index (Phi) is 14.6. The maximum atomic E-state index is 6.37. The Balaban J connectivity index is 0.00000101. The van der Waals surface area contributed by atoms with Gasteiger partial charge in [-0.1, -0.05) is 109 Å². The highest BCUT2D eigenvalue weighted by Gasteiger charge is 2.28. The second kappa shape index (κ2) is 15.4. The summed E-state index contributed by atoms with van der Waals surface area (Å²) in [5, 5.41) is 0. The monoisotopic (exact) mass is 469 g/mol. The van der Waals surface area contributed by atoms with Crippen molar-refractivity contribution in [3.63, 3.8) is 0 Å². The number of hydrogen-bond donors (Lipinski definition) is 0. The van der Waals surface area contributed by atoms with Gasteiger partial charge < -0.3 is 4.74 Å². The number of rotatable bonds is 9. The first-order chi connectivity index (χ1) is 15.8. The van der Waals surface area contributed by atoms with Gasteiger partial charge in [0.05, 0.1) is 5.60 Å². The van der Waals surface area contributed by atoms with Crippen molar-refractivity contribution in [2.24, 2.45) is 0 Å². The number of benzene rings is 2. The van der Waals surface area contributed by atoms with Gasteiger partial charge in [-0.25, -0.2) is 0 Å². The molecule has 2 aromatic rings. The molecule has 0 saturated carbocycles. The van der Waals surface area contributed by atoms with Gasteiger partial charge in [-0.05, 0) is 77.1 Å². The summed E-state index contributed by atoms with van der Waals surface area (Å²) in [6.45, 7) is 29.4. The molecule has 0 aliphatic carbocycles. The average molecular weight is 470 g/mol. The third-order valence-electron chi connectivity index (χ3n) is 6.27. The molecule has 0 aromatic heterocycles. The fourth-order valence-electron chi connectivity index (χ4n) is 3.85. The van der Waals surface area contributed by atoms with E-state index in [9.17, 15) is 0 Å². The van der Waals surface area contributed by atoms with Gasteiger partial charge in [0.2, 0.25) is 0 Å². The van der Waals surface area contributed by atoms with Gasteiger partial charge in [-0.2, -0.15) is 0 Å². The Morgan fingerprint density at radius 2 is 1.32 bits per heavy atom. The minimum absolute atomic E-state index is 0.163. The molecule has 0 aliphatic rings. The smallest absolute Gasteiger partial charge is 0.0875 e. The molecule has 0 saturated heterocycles. The van der Waals surface area contributed by atoms with Crippen LogP contribution in [0.3, 0.4) is 0 Å². The molecular formula is C32H55NO. The van der Waals surface area contributed by atoms with Crippen LogP contribution in [-0.4, -0.2) is 30.1 Å². The number of aryl methyl sites for hydroxylation is 1. The maximum Gasteiger partial charge on any atom is 0.0875 e. The van der Waals surface area contributed by atoms with E-state index in [4.69, 9.17) is 4.74 Å². The van der Waals surface area contributed by atoms with Gasteiger partial charge in [0.1, 0.15) is 0 Å². The van der Waals surface area contributed by atoms with Crippen molar-refractivity contribution in [3.05, 3.63) is 71.3 Å². The molecule has 0 bridgehead atoms. The second-order valence-corrected chi connectivity index (χ2v) is 11.0. The Bertz CT molecular complexity index is 771. The van der Waals surface area contributed by atoms with E-state index < -0.39 is 0 Å². The zero-order chi connectivity index (χ0) is 26.4. The predicted molar refractivity (Wildman–Crippen MR) is 153 cm³/mol. The van der Waals surface area contributed by atoms with E-state index in [1.807, 2.05) is 32.0 Å². The van der Waals surface area contributed by atoms with Crippen molar-refractivity contribution in [3.8, 4) is 0 Å². The van der Waals surface area contributed by atoms with Crippen LogP contribution in [-0.2, 0) is 15.8 Å². The molecule has 194 valence electrons. The molecule has 0 spiro atoms. The van der Waals surface area contributed by atoms with E-state index in [2.05, 4.69) is 111 Å². The van der Waals surface area contributed by atoms with E-state index in [0.717, 1.165) is 26.1 Å². The SMILES string of the molecule is CC.CCCN(CC)C(C)(C)CCOC(C)(C)c1cccc(C(C)(C)C)c1.Cc1ccccc1. The van der Waals surface area contributed by atoms with Crippen LogP contribution in [0.25, 0.3) is 0 Å². The maximum absolute atomic E-state index is 6.37. The van der Waals surface area contributed by atoms with Crippen molar-refractivity contribution in [1.82, 2.24) is 4.90 Å². The fraction of sp³-hybridized carbons (Fsp3) is 0.625. The fourth-order valence-corrected chi connectivity index (χ4v) is 3.85.